The molecule has 2 N–H and O–H groups in total. The van der Waals surface area contributed by atoms with E-state index in [4.69, 9.17) is 4.74 Å². The lowest BCUT2D eigenvalue weighted by Crippen LogP contribution is -2.43. The number of carboxylic acids is 1. The molecule has 1 aromatic rings. The highest BCUT2D eigenvalue weighted by Gasteiger charge is 2.26. The van der Waals surface area contributed by atoms with E-state index in [1.165, 1.54) is 0 Å². The van der Waals surface area contributed by atoms with Gasteiger partial charge in [0.1, 0.15) is 12.6 Å². The Hall–Kier alpha value is -2.08. The molecule has 126 valence electrons. The first-order valence-electron chi connectivity index (χ1n) is 7.93. The van der Waals surface area contributed by atoms with Crippen LogP contribution in [0.25, 0.3) is 0 Å². The Kier molecular flexibility index (Phi) is 6.40. The zero-order chi connectivity index (χ0) is 16.7. The number of carboxylic acid groups (broad SMARTS) is 1. The lowest BCUT2D eigenvalue weighted by atomic mass is 9.90. The smallest absolute Gasteiger partial charge is 0.408 e. The highest BCUT2D eigenvalue weighted by molar-refractivity contribution is 5.79. The number of piperidine rings is 1. The van der Waals surface area contributed by atoms with Crippen molar-refractivity contribution in [1.29, 1.82) is 0 Å². The van der Waals surface area contributed by atoms with Gasteiger partial charge >= 0.3 is 12.1 Å². The van der Waals surface area contributed by atoms with Gasteiger partial charge in [0.15, 0.2) is 0 Å². The molecule has 6 nitrogen and oxygen atoms in total. The fraction of sp³-hybridized carbons (Fsp3) is 0.529. The average molecular weight is 320 g/mol. The first-order valence-corrected chi connectivity index (χ1v) is 7.93. The number of amides is 1. The van der Waals surface area contributed by atoms with Gasteiger partial charge in [-0.3, -0.25) is 0 Å². The molecule has 1 atom stereocenters. The molecular weight excluding hydrogens is 296 g/mol. The van der Waals surface area contributed by atoms with E-state index in [-0.39, 0.29) is 6.61 Å². The number of aliphatic carboxylic acids is 1. The van der Waals surface area contributed by atoms with Gasteiger partial charge in [-0.1, -0.05) is 30.3 Å². The lowest BCUT2D eigenvalue weighted by molar-refractivity contribution is -0.140. The number of ether oxygens (including phenoxy) is 1. The fourth-order valence-electron chi connectivity index (χ4n) is 2.76. The van der Waals surface area contributed by atoms with Crippen LogP contribution < -0.4 is 5.32 Å². The van der Waals surface area contributed by atoms with Gasteiger partial charge in [-0.25, -0.2) is 9.59 Å². The van der Waals surface area contributed by atoms with Gasteiger partial charge in [-0.2, -0.15) is 0 Å². The first-order chi connectivity index (χ1) is 11.0. The van der Waals surface area contributed by atoms with Gasteiger partial charge in [0.05, 0.1) is 0 Å². The molecule has 6 heteroatoms. The number of rotatable bonds is 6. The van der Waals surface area contributed by atoms with Crippen LogP contribution in [0.3, 0.4) is 0 Å². The Bertz CT molecular complexity index is 513. The predicted octanol–water partition coefficient (Wildman–Crippen LogP) is 2.10. The quantitative estimate of drug-likeness (QED) is 0.839. The highest BCUT2D eigenvalue weighted by atomic mass is 16.5. The zero-order valence-electron chi connectivity index (χ0n) is 13.4. The zero-order valence-corrected chi connectivity index (χ0v) is 13.4. The number of likely N-dealkylation sites (tertiary alicyclic amines) is 1. The number of nitrogens with zero attached hydrogens (tertiary/aromatic N) is 1. The van der Waals surface area contributed by atoms with E-state index < -0.39 is 18.1 Å². The van der Waals surface area contributed by atoms with E-state index in [0.29, 0.717) is 12.3 Å². The number of carbonyl (C=O) groups excluding carboxylic acids is 1. The van der Waals surface area contributed by atoms with Crippen LogP contribution in [0.2, 0.25) is 0 Å². The normalized spacial score (nSPS) is 17.4. The van der Waals surface area contributed by atoms with Crippen molar-refractivity contribution < 1.29 is 19.4 Å². The summed E-state index contributed by atoms with van der Waals surface area (Å²) in [5, 5.41) is 11.8. The number of benzene rings is 1. The molecule has 23 heavy (non-hydrogen) atoms. The molecule has 1 amide bonds. The van der Waals surface area contributed by atoms with Crippen LogP contribution >= 0.6 is 0 Å². The molecule has 1 aliphatic rings. The number of alkyl carbamates (subject to hydrolysis) is 1. The molecule has 2 rings (SSSR count). The van der Waals surface area contributed by atoms with E-state index >= 15 is 0 Å². The fourth-order valence-corrected chi connectivity index (χ4v) is 2.76. The van der Waals surface area contributed by atoms with Crippen LogP contribution in [0.15, 0.2) is 30.3 Å². The largest absolute Gasteiger partial charge is 0.480 e. The van der Waals surface area contributed by atoms with Crippen LogP contribution in [0, 0.1) is 5.92 Å². The third-order valence-corrected chi connectivity index (χ3v) is 4.21. The maximum Gasteiger partial charge on any atom is 0.408 e. The van der Waals surface area contributed by atoms with Crippen molar-refractivity contribution in [2.24, 2.45) is 5.92 Å². The Morgan fingerprint density at radius 2 is 1.96 bits per heavy atom. The second-order valence-electron chi connectivity index (χ2n) is 6.08. The summed E-state index contributed by atoms with van der Waals surface area (Å²) in [7, 11) is 2.06. The summed E-state index contributed by atoms with van der Waals surface area (Å²) in [6.07, 6.45) is 1.68. The van der Waals surface area contributed by atoms with Gasteiger partial charge < -0.3 is 20.1 Å². The Labute approximate surface area is 136 Å². The second-order valence-corrected chi connectivity index (χ2v) is 6.08. The molecule has 0 spiro atoms. The van der Waals surface area contributed by atoms with Gasteiger partial charge in [0, 0.05) is 0 Å². The Balaban J connectivity index is 1.79. The monoisotopic (exact) mass is 320 g/mol. The van der Waals surface area contributed by atoms with Crippen LogP contribution in [0.1, 0.15) is 24.8 Å². The number of carbonyl (C=O) groups is 2. The van der Waals surface area contributed by atoms with E-state index in [9.17, 15) is 14.7 Å². The summed E-state index contributed by atoms with van der Waals surface area (Å²) in [6.45, 7) is 2.07. The van der Waals surface area contributed by atoms with Crippen molar-refractivity contribution in [2.75, 3.05) is 20.1 Å². The molecule has 1 unspecified atom stereocenters. The number of nitrogens with one attached hydrogen (secondary N) is 1. The molecule has 1 fully saturated rings. The molecule has 1 aromatic carbocycles. The van der Waals surface area contributed by atoms with E-state index in [2.05, 4.69) is 17.3 Å². The van der Waals surface area contributed by atoms with E-state index in [1.807, 2.05) is 30.3 Å². The maximum atomic E-state index is 11.8. The molecular formula is C17H24N2O4. The molecule has 0 aromatic heterocycles. The Morgan fingerprint density at radius 3 is 2.57 bits per heavy atom. The summed E-state index contributed by atoms with van der Waals surface area (Å²) in [5.41, 5.74) is 0.866. The molecule has 1 aliphatic heterocycles. The molecule has 0 radical (unpaired) electrons. The molecule has 0 bridgehead atoms. The summed E-state index contributed by atoms with van der Waals surface area (Å²) < 4.78 is 5.09. The third-order valence-electron chi connectivity index (χ3n) is 4.21. The average Bonchev–Trinajstić information content (AvgIpc) is 2.55. The molecule has 0 aliphatic carbocycles. The van der Waals surface area contributed by atoms with Crippen molar-refractivity contribution in [1.82, 2.24) is 10.2 Å². The summed E-state index contributed by atoms with van der Waals surface area (Å²) in [6, 6.07) is 8.40. The van der Waals surface area contributed by atoms with Crippen LogP contribution in [0.5, 0.6) is 0 Å². The van der Waals surface area contributed by atoms with Crippen LogP contribution in [-0.4, -0.2) is 48.2 Å². The van der Waals surface area contributed by atoms with Crippen molar-refractivity contribution in [3.05, 3.63) is 35.9 Å². The highest BCUT2D eigenvalue weighted by Crippen LogP contribution is 2.21. The van der Waals surface area contributed by atoms with E-state index in [0.717, 1.165) is 31.5 Å². The van der Waals surface area contributed by atoms with Crippen molar-refractivity contribution >= 4 is 12.1 Å². The second kappa shape index (κ2) is 8.53. The summed E-state index contributed by atoms with van der Waals surface area (Å²) in [5.74, 6) is -0.692. The van der Waals surface area contributed by atoms with Gasteiger partial charge in [-0.15, -0.1) is 0 Å². The predicted molar refractivity (Wildman–Crippen MR) is 86.0 cm³/mol. The molecule has 1 heterocycles. The van der Waals surface area contributed by atoms with Crippen LogP contribution in [0.4, 0.5) is 4.79 Å². The minimum atomic E-state index is -1.01. The van der Waals surface area contributed by atoms with E-state index in [1.54, 1.807) is 0 Å². The molecule has 0 saturated carbocycles. The minimum absolute atomic E-state index is 0.132. The standard InChI is InChI=1S/C17H24N2O4/c1-19-9-7-13(8-10-19)11-15(16(20)21)18-17(22)23-12-14-5-3-2-4-6-14/h2-6,13,15H,7-12H2,1H3,(H,18,22)(H,20,21). The SMILES string of the molecule is CN1CCC(CC(NC(=O)OCc2ccccc2)C(=O)O)CC1. The number of hydrogen-bond donors (Lipinski definition) is 2. The van der Waals surface area contributed by atoms with Gasteiger partial charge in [0.2, 0.25) is 0 Å². The Morgan fingerprint density at radius 1 is 1.30 bits per heavy atom. The first kappa shape index (κ1) is 17.3. The van der Waals surface area contributed by atoms with Gasteiger partial charge in [0.25, 0.3) is 0 Å². The maximum absolute atomic E-state index is 11.8. The molecule has 1 saturated heterocycles. The van der Waals surface area contributed by atoms with Crippen molar-refractivity contribution in [3.8, 4) is 0 Å². The minimum Gasteiger partial charge on any atom is -0.480 e. The summed E-state index contributed by atoms with van der Waals surface area (Å²) >= 11 is 0. The lowest BCUT2D eigenvalue weighted by Gasteiger charge is -2.30. The van der Waals surface area contributed by atoms with Crippen molar-refractivity contribution in [2.45, 2.75) is 31.9 Å². The van der Waals surface area contributed by atoms with Gasteiger partial charge in [-0.05, 0) is 50.9 Å². The third kappa shape index (κ3) is 5.90. The van der Waals surface area contributed by atoms with Crippen LogP contribution in [-0.2, 0) is 16.1 Å². The van der Waals surface area contributed by atoms with Crippen molar-refractivity contribution in [3.63, 3.8) is 0 Å². The summed E-state index contributed by atoms with van der Waals surface area (Å²) in [4.78, 5) is 25.4. The topological polar surface area (TPSA) is 78.9 Å². The number of hydrogen-bond acceptors (Lipinski definition) is 4.